The molecular weight excluding hydrogens is 241 g/mol. The van der Waals surface area contributed by atoms with Crippen molar-refractivity contribution in [2.75, 3.05) is 6.67 Å². The molecule has 0 aliphatic heterocycles. The van der Waals surface area contributed by atoms with E-state index in [2.05, 4.69) is 5.32 Å². The van der Waals surface area contributed by atoms with Crippen molar-refractivity contribution in [2.24, 2.45) is 0 Å². The summed E-state index contributed by atoms with van der Waals surface area (Å²) in [6.45, 7) is -1.12. The lowest BCUT2D eigenvalue weighted by molar-refractivity contribution is -0.138. The fourth-order valence-corrected chi connectivity index (χ4v) is 1.42. The van der Waals surface area contributed by atoms with Gasteiger partial charge < -0.3 is 15.5 Å². The van der Waals surface area contributed by atoms with Gasteiger partial charge in [-0.3, -0.25) is 9.59 Å². The third-order valence-corrected chi connectivity index (χ3v) is 2.37. The quantitative estimate of drug-likeness (QED) is 0.694. The SMILES string of the molecule is O=C(O)CC(NC(=O)c1ccccc1)C(O)CF. The molecule has 1 aromatic carbocycles. The van der Waals surface area contributed by atoms with Crippen molar-refractivity contribution < 1.29 is 24.2 Å². The molecule has 18 heavy (non-hydrogen) atoms. The molecule has 0 heterocycles. The predicted octanol–water partition coefficient (Wildman–Crippen LogP) is 0.590. The Morgan fingerprint density at radius 1 is 1.28 bits per heavy atom. The number of carbonyl (C=O) groups excluding carboxylic acids is 1. The zero-order valence-corrected chi connectivity index (χ0v) is 9.54. The molecule has 0 bridgehead atoms. The largest absolute Gasteiger partial charge is 0.481 e. The summed E-state index contributed by atoms with van der Waals surface area (Å²) in [6, 6.07) is 6.94. The van der Waals surface area contributed by atoms with Gasteiger partial charge in [0.2, 0.25) is 0 Å². The van der Waals surface area contributed by atoms with Crippen LogP contribution < -0.4 is 5.32 Å². The van der Waals surface area contributed by atoms with Gasteiger partial charge in [0.05, 0.1) is 12.5 Å². The maximum Gasteiger partial charge on any atom is 0.305 e. The second-order valence-electron chi connectivity index (χ2n) is 3.77. The number of nitrogens with one attached hydrogen (secondary N) is 1. The minimum absolute atomic E-state index is 0.318. The molecule has 0 fully saturated rings. The Labute approximate surface area is 103 Å². The van der Waals surface area contributed by atoms with Gasteiger partial charge in [0.1, 0.15) is 12.8 Å². The van der Waals surface area contributed by atoms with Gasteiger partial charge in [-0.05, 0) is 12.1 Å². The number of amides is 1. The summed E-state index contributed by atoms with van der Waals surface area (Å²) in [6.07, 6.45) is -2.07. The average Bonchev–Trinajstić information content (AvgIpc) is 2.37. The normalized spacial score (nSPS) is 13.7. The standard InChI is InChI=1S/C12H14FNO4/c13-7-10(15)9(6-11(16)17)14-12(18)8-4-2-1-3-5-8/h1-5,9-10,15H,6-7H2,(H,14,18)(H,16,17). The molecule has 0 spiro atoms. The van der Waals surface area contributed by atoms with Crippen LogP contribution in [0.2, 0.25) is 0 Å². The number of carboxylic acid groups (broad SMARTS) is 1. The first kappa shape index (κ1) is 14.1. The van der Waals surface area contributed by atoms with E-state index in [1.54, 1.807) is 18.2 Å². The summed E-state index contributed by atoms with van der Waals surface area (Å²) in [4.78, 5) is 22.3. The maximum atomic E-state index is 12.3. The lowest BCUT2D eigenvalue weighted by Gasteiger charge is -2.20. The van der Waals surface area contributed by atoms with Crippen LogP contribution in [0.5, 0.6) is 0 Å². The Balaban J connectivity index is 2.71. The van der Waals surface area contributed by atoms with E-state index in [9.17, 15) is 19.1 Å². The number of aliphatic hydroxyl groups is 1. The first-order valence-electron chi connectivity index (χ1n) is 5.36. The topological polar surface area (TPSA) is 86.6 Å². The van der Waals surface area contributed by atoms with Crippen LogP contribution in [0.4, 0.5) is 4.39 Å². The highest BCUT2D eigenvalue weighted by Crippen LogP contribution is 2.04. The molecule has 6 heteroatoms. The van der Waals surface area contributed by atoms with E-state index in [1.165, 1.54) is 12.1 Å². The van der Waals surface area contributed by atoms with E-state index in [1.807, 2.05) is 0 Å². The third kappa shape index (κ3) is 4.14. The van der Waals surface area contributed by atoms with Gasteiger partial charge in [-0.15, -0.1) is 0 Å². The van der Waals surface area contributed by atoms with Gasteiger partial charge in [0, 0.05) is 5.56 Å². The van der Waals surface area contributed by atoms with Crippen molar-refractivity contribution in [1.82, 2.24) is 5.32 Å². The van der Waals surface area contributed by atoms with E-state index in [0.29, 0.717) is 5.56 Å². The number of carbonyl (C=O) groups is 2. The van der Waals surface area contributed by atoms with Gasteiger partial charge in [-0.1, -0.05) is 18.2 Å². The number of hydrogen-bond donors (Lipinski definition) is 3. The van der Waals surface area contributed by atoms with Crippen LogP contribution in [0.1, 0.15) is 16.8 Å². The number of halogens is 1. The van der Waals surface area contributed by atoms with E-state index >= 15 is 0 Å². The summed E-state index contributed by atoms with van der Waals surface area (Å²) < 4.78 is 12.3. The highest BCUT2D eigenvalue weighted by Gasteiger charge is 2.24. The van der Waals surface area contributed by atoms with E-state index in [0.717, 1.165) is 0 Å². The van der Waals surface area contributed by atoms with Crippen molar-refractivity contribution in [3.63, 3.8) is 0 Å². The molecule has 1 amide bonds. The van der Waals surface area contributed by atoms with Gasteiger partial charge >= 0.3 is 5.97 Å². The van der Waals surface area contributed by atoms with E-state index in [4.69, 9.17) is 5.11 Å². The number of carboxylic acids is 1. The second kappa shape index (κ2) is 6.70. The Morgan fingerprint density at radius 3 is 2.39 bits per heavy atom. The van der Waals surface area contributed by atoms with Crippen molar-refractivity contribution in [2.45, 2.75) is 18.6 Å². The smallest absolute Gasteiger partial charge is 0.305 e. The second-order valence-corrected chi connectivity index (χ2v) is 3.77. The Bertz CT molecular complexity index is 410. The van der Waals surface area contributed by atoms with Crippen LogP contribution in [0.3, 0.4) is 0 Å². The fourth-order valence-electron chi connectivity index (χ4n) is 1.42. The summed E-state index contributed by atoms with van der Waals surface area (Å²) >= 11 is 0. The lowest BCUT2D eigenvalue weighted by atomic mass is 10.1. The molecule has 2 atom stereocenters. The van der Waals surface area contributed by atoms with Crippen LogP contribution in [-0.4, -0.2) is 40.9 Å². The molecule has 0 saturated heterocycles. The number of benzene rings is 1. The van der Waals surface area contributed by atoms with Gasteiger partial charge in [-0.25, -0.2) is 4.39 Å². The Kier molecular flexibility index (Phi) is 5.26. The average molecular weight is 255 g/mol. The van der Waals surface area contributed by atoms with Crippen LogP contribution >= 0.6 is 0 Å². The van der Waals surface area contributed by atoms with Crippen LogP contribution in [0, 0.1) is 0 Å². The number of alkyl halides is 1. The number of aliphatic carboxylic acids is 1. The molecule has 3 N–H and O–H groups in total. The van der Waals surface area contributed by atoms with E-state index in [-0.39, 0.29) is 0 Å². The molecule has 0 aliphatic carbocycles. The molecule has 5 nitrogen and oxygen atoms in total. The van der Waals surface area contributed by atoms with Gasteiger partial charge in [0.25, 0.3) is 5.91 Å². The Morgan fingerprint density at radius 2 is 1.89 bits per heavy atom. The first-order chi connectivity index (χ1) is 8.54. The summed E-state index contributed by atoms with van der Waals surface area (Å²) in [5.41, 5.74) is 0.318. The molecule has 0 saturated carbocycles. The number of hydrogen-bond acceptors (Lipinski definition) is 3. The lowest BCUT2D eigenvalue weighted by Crippen LogP contribution is -2.45. The van der Waals surface area contributed by atoms with Crippen molar-refractivity contribution >= 4 is 11.9 Å². The van der Waals surface area contributed by atoms with Gasteiger partial charge in [-0.2, -0.15) is 0 Å². The molecule has 0 aliphatic rings. The van der Waals surface area contributed by atoms with Crippen LogP contribution in [0.15, 0.2) is 30.3 Å². The first-order valence-corrected chi connectivity index (χ1v) is 5.36. The molecular formula is C12H14FNO4. The van der Waals surface area contributed by atoms with Crippen molar-refractivity contribution in [3.8, 4) is 0 Å². The predicted molar refractivity (Wildman–Crippen MR) is 61.9 cm³/mol. The Hall–Kier alpha value is -1.95. The highest BCUT2D eigenvalue weighted by atomic mass is 19.1. The van der Waals surface area contributed by atoms with Crippen molar-refractivity contribution in [1.29, 1.82) is 0 Å². The van der Waals surface area contributed by atoms with E-state index < -0.39 is 37.1 Å². The minimum atomic E-state index is -1.53. The van der Waals surface area contributed by atoms with Crippen LogP contribution in [0.25, 0.3) is 0 Å². The monoisotopic (exact) mass is 255 g/mol. The summed E-state index contributed by atoms with van der Waals surface area (Å²) in [5.74, 6) is -1.77. The number of aliphatic hydroxyl groups excluding tert-OH is 1. The zero-order chi connectivity index (χ0) is 13.5. The van der Waals surface area contributed by atoms with Gasteiger partial charge in [0.15, 0.2) is 0 Å². The molecule has 1 rings (SSSR count). The zero-order valence-electron chi connectivity index (χ0n) is 9.54. The molecule has 98 valence electrons. The summed E-state index contributed by atoms with van der Waals surface area (Å²) in [7, 11) is 0. The fraction of sp³-hybridized carbons (Fsp3) is 0.333. The highest BCUT2D eigenvalue weighted by molar-refractivity contribution is 5.94. The summed E-state index contributed by atoms with van der Waals surface area (Å²) in [5, 5.41) is 20.2. The maximum absolute atomic E-state index is 12.3. The van der Waals surface area contributed by atoms with Crippen LogP contribution in [-0.2, 0) is 4.79 Å². The molecule has 0 aromatic heterocycles. The van der Waals surface area contributed by atoms with Crippen molar-refractivity contribution in [3.05, 3.63) is 35.9 Å². The number of rotatable bonds is 6. The molecule has 2 unspecified atom stereocenters. The third-order valence-electron chi connectivity index (χ3n) is 2.37. The minimum Gasteiger partial charge on any atom is -0.481 e. The molecule has 1 aromatic rings. The molecule has 0 radical (unpaired) electrons.